The Kier molecular flexibility index (Phi) is 6.28. The minimum atomic E-state index is -4.03. The summed E-state index contributed by atoms with van der Waals surface area (Å²) in [4.78, 5) is 13.7. The number of carbonyl (C=O) groups is 1. The molecule has 0 saturated carbocycles. The van der Waals surface area contributed by atoms with Crippen molar-refractivity contribution in [1.82, 2.24) is 9.62 Å². The Morgan fingerprint density at radius 3 is 2.71 bits per heavy atom. The van der Waals surface area contributed by atoms with Crippen molar-refractivity contribution in [1.29, 1.82) is 0 Å². The van der Waals surface area contributed by atoms with Gasteiger partial charge < -0.3 is 14.4 Å². The fourth-order valence-electron chi connectivity index (χ4n) is 2.91. The van der Waals surface area contributed by atoms with E-state index in [4.69, 9.17) is 9.47 Å². The summed E-state index contributed by atoms with van der Waals surface area (Å²) in [6.07, 6.45) is -0.258. The summed E-state index contributed by atoms with van der Waals surface area (Å²) < 4.78 is 51.2. The molecule has 2 aromatic carbocycles. The van der Waals surface area contributed by atoms with Gasteiger partial charge in [-0.3, -0.25) is 4.79 Å². The fourth-order valence-corrected chi connectivity index (χ4v) is 3.90. The van der Waals surface area contributed by atoms with Gasteiger partial charge in [0.15, 0.2) is 11.6 Å². The zero-order valence-electron chi connectivity index (χ0n) is 15.3. The highest BCUT2D eigenvalue weighted by Gasteiger charge is 2.26. The Morgan fingerprint density at radius 2 is 2.04 bits per heavy atom. The maximum Gasteiger partial charge on any atom is 0.241 e. The van der Waals surface area contributed by atoms with Gasteiger partial charge in [0, 0.05) is 6.54 Å². The number of methoxy groups -OCH3 is 1. The number of ether oxygens (including phenoxy) is 2. The first-order valence-electron chi connectivity index (χ1n) is 8.68. The number of carbonyl (C=O) groups excluding carboxylic acids is 1. The van der Waals surface area contributed by atoms with Gasteiger partial charge in [-0.1, -0.05) is 30.3 Å². The molecule has 1 amide bonds. The van der Waals surface area contributed by atoms with Crippen molar-refractivity contribution in [3.63, 3.8) is 0 Å². The lowest BCUT2D eigenvalue weighted by molar-refractivity contribution is -0.137. The Hall–Kier alpha value is -2.49. The van der Waals surface area contributed by atoms with Crippen LogP contribution in [0.25, 0.3) is 0 Å². The summed E-state index contributed by atoms with van der Waals surface area (Å²) >= 11 is 0. The lowest BCUT2D eigenvalue weighted by Crippen LogP contribution is -2.46. The maximum atomic E-state index is 13.8. The van der Waals surface area contributed by atoms with Gasteiger partial charge in [0.25, 0.3) is 0 Å². The standard InChI is InChI=1S/C19H21FN2O5S/c1-26-17-8-7-15(11-16(17)20)28(24,25)21-12-19(23)22-9-10-27-18(13-22)14-5-3-2-4-6-14/h2-8,11,18,21H,9-10,12-13H2,1H3. The molecule has 1 unspecified atom stereocenters. The average molecular weight is 408 g/mol. The summed E-state index contributed by atoms with van der Waals surface area (Å²) in [5, 5.41) is 0. The molecule has 1 aliphatic heterocycles. The van der Waals surface area contributed by atoms with Crippen LogP contribution in [0, 0.1) is 5.82 Å². The monoisotopic (exact) mass is 408 g/mol. The molecule has 0 aliphatic carbocycles. The van der Waals surface area contributed by atoms with Crippen LogP contribution in [0.2, 0.25) is 0 Å². The normalized spacial score (nSPS) is 17.4. The van der Waals surface area contributed by atoms with Gasteiger partial charge in [0.05, 0.1) is 31.7 Å². The van der Waals surface area contributed by atoms with Crippen LogP contribution < -0.4 is 9.46 Å². The van der Waals surface area contributed by atoms with Crippen LogP contribution in [0.3, 0.4) is 0 Å². The number of rotatable bonds is 6. The van der Waals surface area contributed by atoms with Crippen LogP contribution in [-0.4, -0.2) is 52.6 Å². The van der Waals surface area contributed by atoms with Crippen molar-refractivity contribution >= 4 is 15.9 Å². The van der Waals surface area contributed by atoms with Gasteiger partial charge in [-0.25, -0.2) is 17.5 Å². The first-order valence-corrected chi connectivity index (χ1v) is 10.2. The third-order valence-corrected chi connectivity index (χ3v) is 5.84. The fraction of sp³-hybridized carbons (Fsp3) is 0.316. The van der Waals surface area contributed by atoms with Crippen molar-refractivity contribution in [3.05, 3.63) is 59.9 Å². The molecular weight excluding hydrogens is 387 g/mol. The van der Waals surface area contributed by atoms with Crippen LogP contribution >= 0.6 is 0 Å². The summed E-state index contributed by atoms with van der Waals surface area (Å²) in [6.45, 7) is 0.655. The third kappa shape index (κ3) is 4.67. The zero-order chi connectivity index (χ0) is 20.1. The largest absolute Gasteiger partial charge is 0.494 e. The minimum absolute atomic E-state index is 0.0599. The molecule has 3 rings (SSSR count). The summed E-state index contributed by atoms with van der Waals surface area (Å²) in [5.41, 5.74) is 0.953. The van der Waals surface area contributed by atoms with Crippen molar-refractivity contribution < 1.29 is 27.1 Å². The Morgan fingerprint density at radius 1 is 1.29 bits per heavy atom. The number of hydrogen-bond acceptors (Lipinski definition) is 5. The van der Waals surface area contributed by atoms with E-state index in [9.17, 15) is 17.6 Å². The van der Waals surface area contributed by atoms with Gasteiger partial charge in [-0.05, 0) is 23.8 Å². The van der Waals surface area contributed by atoms with E-state index in [1.165, 1.54) is 19.2 Å². The number of sulfonamides is 1. The first-order chi connectivity index (χ1) is 13.4. The molecule has 0 aromatic heterocycles. The van der Waals surface area contributed by atoms with Gasteiger partial charge in [0.1, 0.15) is 6.10 Å². The summed E-state index contributed by atoms with van der Waals surface area (Å²) in [6, 6.07) is 12.8. The highest BCUT2D eigenvalue weighted by molar-refractivity contribution is 7.89. The third-order valence-electron chi connectivity index (χ3n) is 4.44. The number of hydrogen-bond donors (Lipinski definition) is 1. The first kappa shape index (κ1) is 20.2. The van der Waals surface area contributed by atoms with Crippen LogP contribution in [0.15, 0.2) is 53.4 Å². The van der Waals surface area contributed by atoms with Crippen LogP contribution in [0.5, 0.6) is 5.75 Å². The van der Waals surface area contributed by atoms with Gasteiger partial charge in [0.2, 0.25) is 15.9 Å². The highest BCUT2D eigenvalue weighted by atomic mass is 32.2. The highest BCUT2D eigenvalue weighted by Crippen LogP contribution is 2.22. The summed E-state index contributed by atoms with van der Waals surface area (Å²) in [7, 11) is -2.75. The molecule has 1 fully saturated rings. The molecule has 0 spiro atoms. The van der Waals surface area contributed by atoms with Crippen LogP contribution in [0.4, 0.5) is 4.39 Å². The molecule has 9 heteroatoms. The van der Waals surface area contributed by atoms with E-state index in [-0.39, 0.29) is 22.7 Å². The average Bonchev–Trinajstić information content (AvgIpc) is 2.72. The molecule has 150 valence electrons. The zero-order valence-corrected chi connectivity index (χ0v) is 16.1. The number of nitrogens with one attached hydrogen (secondary N) is 1. The molecule has 1 atom stereocenters. The number of morpholine rings is 1. The van der Waals surface area contributed by atoms with Gasteiger partial charge in [-0.2, -0.15) is 0 Å². The molecule has 1 heterocycles. The number of amides is 1. The van der Waals surface area contributed by atoms with E-state index in [0.717, 1.165) is 11.6 Å². The van der Waals surface area contributed by atoms with E-state index < -0.39 is 22.4 Å². The quantitative estimate of drug-likeness (QED) is 0.787. The van der Waals surface area contributed by atoms with Gasteiger partial charge >= 0.3 is 0 Å². The molecule has 0 bridgehead atoms. The molecule has 28 heavy (non-hydrogen) atoms. The lowest BCUT2D eigenvalue weighted by Gasteiger charge is -2.33. The number of halogens is 1. The van der Waals surface area contributed by atoms with Crippen molar-refractivity contribution in [2.24, 2.45) is 0 Å². The summed E-state index contributed by atoms with van der Waals surface area (Å²) in [5.74, 6) is -1.23. The Balaban J connectivity index is 1.62. The molecule has 2 aromatic rings. The predicted molar refractivity (Wildman–Crippen MR) is 99.9 cm³/mol. The van der Waals surface area contributed by atoms with Crippen LogP contribution in [-0.2, 0) is 19.6 Å². The molecule has 1 N–H and O–H groups in total. The molecular formula is C19H21FN2O5S. The lowest BCUT2D eigenvalue weighted by atomic mass is 10.1. The van der Waals surface area contributed by atoms with Gasteiger partial charge in [-0.15, -0.1) is 0 Å². The minimum Gasteiger partial charge on any atom is -0.494 e. The molecule has 0 radical (unpaired) electrons. The number of nitrogens with zero attached hydrogens (tertiary/aromatic N) is 1. The Labute approximate surface area is 163 Å². The van der Waals surface area contributed by atoms with E-state index >= 15 is 0 Å². The van der Waals surface area contributed by atoms with Crippen molar-refractivity contribution in [2.75, 3.05) is 33.4 Å². The second-order valence-electron chi connectivity index (χ2n) is 6.23. The topological polar surface area (TPSA) is 84.9 Å². The van der Waals surface area contributed by atoms with E-state index in [1.807, 2.05) is 30.3 Å². The molecule has 7 nitrogen and oxygen atoms in total. The van der Waals surface area contributed by atoms with Crippen molar-refractivity contribution in [2.45, 2.75) is 11.0 Å². The van der Waals surface area contributed by atoms with E-state index in [2.05, 4.69) is 4.72 Å². The SMILES string of the molecule is COc1ccc(S(=O)(=O)NCC(=O)N2CCOC(c3ccccc3)C2)cc1F. The Bertz CT molecular complexity index is 937. The maximum absolute atomic E-state index is 13.8. The predicted octanol–water partition coefficient (Wildman–Crippen LogP) is 1.71. The number of benzene rings is 2. The van der Waals surface area contributed by atoms with E-state index in [0.29, 0.717) is 19.7 Å². The smallest absolute Gasteiger partial charge is 0.241 e. The second-order valence-corrected chi connectivity index (χ2v) is 8.00. The molecule has 1 aliphatic rings. The van der Waals surface area contributed by atoms with Crippen molar-refractivity contribution in [3.8, 4) is 5.75 Å². The van der Waals surface area contributed by atoms with E-state index in [1.54, 1.807) is 4.90 Å². The van der Waals surface area contributed by atoms with Crippen LogP contribution in [0.1, 0.15) is 11.7 Å². The second kappa shape index (κ2) is 8.68. The molecule has 1 saturated heterocycles.